The van der Waals surface area contributed by atoms with Crippen LogP contribution in [0.5, 0.6) is 0 Å². The number of carboxylic acids is 1. The summed E-state index contributed by atoms with van der Waals surface area (Å²) in [4.78, 5) is 11.0. The van der Waals surface area contributed by atoms with Crippen LogP contribution < -0.4 is 5.73 Å². The van der Waals surface area contributed by atoms with Crippen LogP contribution in [0.1, 0.15) is 38.5 Å². The lowest BCUT2D eigenvalue weighted by molar-refractivity contribution is -0.138. The van der Waals surface area contributed by atoms with Gasteiger partial charge in [0.1, 0.15) is 6.04 Å². The fourth-order valence-corrected chi connectivity index (χ4v) is 4.98. The zero-order chi connectivity index (χ0) is 12.2. The maximum absolute atomic E-state index is 11.0. The summed E-state index contributed by atoms with van der Waals surface area (Å²) in [6, 6.07) is -0.869. The molecule has 3 nitrogen and oxygen atoms in total. The molecule has 3 heteroatoms. The molecular formula is C14H21NO2. The Balaban J connectivity index is 1.86. The molecule has 0 spiro atoms. The van der Waals surface area contributed by atoms with Gasteiger partial charge in [0.2, 0.25) is 0 Å². The summed E-state index contributed by atoms with van der Waals surface area (Å²) in [5.41, 5.74) is 6.64. The summed E-state index contributed by atoms with van der Waals surface area (Å²) >= 11 is 0. The minimum atomic E-state index is -0.925. The summed E-state index contributed by atoms with van der Waals surface area (Å²) in [5.74, 6) is 1.49. The second kappa shape index (κ2) is 3.58. The maximum Gasteiger partial charge on any atom is 0.324 e. The van der Waals surface area contributed by atoms with Gasteiger partial charge in [-0.3, -0.25) is 4.79 Å². The molecule has 94 valence electrons. The summed E-state index contributed by atoms with van der Waals surface area (Å²) in [6.45, 7) is 4.06. The van der Waals surface area contributed by atoms with Gasteiger partial charge in [0.05, 0.1) is 0 Å². The van der Waals surface area contributed by atoms with Gasteiger partial charge in [-0.2, -0.15) is 0 Å². The molecule has 4 rings (SSSR count). The van der Waals surface area contributed by atoms with Crippen molar-refractivity contribution >= 4 is 5.97 Å². The van der Waals surface area contributed by atoms with E-state index >= 15 is 0 Å². The number of rotatable bonds is 3. The smallest absolute Gasteiger partial charge is 0.324 e. The average molecular weight is 235 g/mol. The van der Waals surface area contributed by atoms with Crippen LogP contribution >= 0.6 is 0 Å². The minimum absolute atomic E-state index is 0.0621. The van der Waals surface area contributed by atoms with Crippen molar-refractivity contribution in [3.8, 4) is 0 Å². The molecule has 0 aliphatic heterocycles. The number of hydrogen-bond donors (Lipinski definition) is 2. The Morgan fingerprint density at radius 1 is 1.18 bits per heavy atom. The van der Waals surface area contributed by atoms with E-state index in [-0.39, 0.29) is 5.41 Å². The van der Waals surface area contributed by atoms with E-state index in [0.717, 1.165) is 42.6 Å². The lowest BCUT2D eigenvalue weighted by atomic mass is 9.47. The number of carboxylic acid groups (broad SMARTS) is 1. The fraction of sp³-hybridized carbons (Fsp3) is 0.786. The Bertz CT molecular complexity index is 339. The van der Waals surface area contributed by atoms with Crippen molar-refractivity contribution in [3.05, 3.63) is 12.2 Å². The van der Waals surface area contributed by atoms with Crippen molar-refractivity contribution in [1.29, 1.82) is 0 Å². The van der Waals surface area contributed by atoms with E-state index in [2.05, 4.69) is 6.58 Å². The fourth-order valence-electron chi connectivity index (χ4n) is 4.98. The molecule has 0 saturated heterocycles. The molecule has 4 saturated carbocycles. The van der Waals surface area contributed by atoms with Gasteiger partial charge in [0, 0.05) is 0 Å². The van der Waals surface area contributed by atoms with Gasteiger partial charge in [0.25, 0.3) is 0 Å². The lowest BCUT2D eigenvalue weighted by Gasteiger charge is -2.58. The van der Waals surface area contributed by atoms with Crippen molar-refractivity contribution in [2.24, 2.45) is 28.9 Å². The molecule has 4 aliphatic carbocycles. The van der Waals surface area contributed by atoms with Crippen LogP contribution in [0.25, 0.3) is 0 Å². The van der Waals surface area contributed by atoms with Crippen LogP contribution in [-0.4, -0.2) is 17.1 Å². The van der Waals surface area contributed by atoms with Crippen LogP contribution in [0.15, 0.2) is 12.2 Å². The van der Waals surface area contributed by atoms with E-state index in [1.54, 1.807) is 0 Å². The van der Waals surface area contributed by atoms with E-state index in [4.69, 9.17) is 10.8 Å². The molecule has 4 aliphatic rings. The number of nitrogens with two attached hydrogens (primary N) is 1. The monoisotopic (exact) mass is 235 g/mol. The molecule has 4 bridgehead atoms. The molecular weight excluding hydrogens is 214 g/mol. The third-order valence-corrected chi connectivity index (χ3v) is 5.36. The molecule has 0 aromatic rings. The van der Waals surface area contributed by atoms with Crippen molar-refractivity contribution in [2.75, 3.05) is 0 Å². The zero-order valence-electron chi connectivity index (χ0n) is 10.2. The van der Waals surface area contributed by atoms with E-state index in [0.29, 0.717) is 0 Å². The SMILES string of the molecule is C=C(C(N)C(=O)O)C12CC3CC(CC(C3)C1)C2. The standard InChI is InChI=1S/C14H21NO2/c1-8(12(15)13(16)17)14-5-9-2-10(6-14)4-11(3-9)7-14/h9-12H,1-7,15H2,(H,16,17). The normalized spacial score (nSPS) is 44.6. The molecule has 1 atom stereocenters. The molecule has 0 aromatic heterocycles. The Labute approximate surface area is 102 Å². The quantitative estimate of drug-likeness (QED) is 0.737. The van der Waals surface area contributed by atoms with Crippen molar-refractivity contribution in [3.63, 3.8) is 0 Å². The molecule has 0 radical (unpaired) electrons. The van der Waals surface area contributed by atoms with Gasteiger partial charge in [-0.1, -0.05) is 6.58 Å². The van der Waals surface area contributed by atoms with E-state index in [9.17, 15) is 4.79 Å². The van der Waals surface area contributed by atoms with Crippen molar-refractivity contribution in [1.82, 2.24) is 0 Å². The first-order chi connectivity index (χ1) is 8.00. The summed E-state index contributed by atoms with van der Waals surface area (Å²) < 4.78 is 0. The number of aliphatic carboxylic acids is 1. The Kier molecular flexibility index (Phi) is 2.37. The Morgan fingerprint density at radius 2 is 1.59 bits per heavy atom. The van der Waals surface area contributed by atoms with E-state index in [1.807, 2.05) is 0 Å². The highest BCUT2D eigenvalue weighted by atomic mass is 16.4. The largest absolute Gasteiger partial charge is 0.480 e. The van der Waals surface area contributed by atoms with Gasteiger partial charge in [-0.05, 0) is 67.3 Å². The van der Waals surface area contributed by atoms with Crippen LogP contribution in [0.2, 0.25) is 0 Å². The first-order valence-electron chi connectivity index (χ1n) is 6.68. The second-order valence-electron chi connectivity index (χ2n) is 6.54. The first kappa shape index (κ1) is 11.3. The predicted octanol–water partition coefficient (Wildman–Crippen LogP) is 2.17. The number of carbonyl (C=O) groups is 1. The highest BCUT2D eigenvalue weighted by Gasteiger charge is 2.53. The van der Waals surface area contributed by atoms with Gasteiger partial charge in [-0.25, -0.2) is 0 Å². The minimum Gasteiger partial charge on any atom is -0.480 e. The van der Waals surface area contributed by atoms with E-state index < -0.39 is 12.0 Å². The molecule has 3 N–H and O–H groups in total. The molecule has 0 heterocycles. The van der Waals surface area contributed by atoms with Crippen LogP contribution in [0, 0.1) is 23.2 Å². The average Bonchev–Trinajstić information content (AvgIpc) is 2.25. The van der Waals surface area contributed by atoms with E-state index in [1.165, 1.54) is 19.3 Å². The maximum atomic E-state index is 11.0. The molecule has 1 unspecified atom stereocenters. The molecule has 0 aromatic carbocycles. The predicted molar refractivity (Wildman–Crippen MR) is 65.4 cm³/mol. The summed E-state index contributed by atoms with van der Waals surface area (Å²) in [7, 11) is 0. The molecule has 17 heavy (non-hydrogen) atoms. The van der Waals surface area contributed by atoms with Crippen LogP contribution in [0.4, 0.5) is 0 Å². The van der Waals surface area contributed by atoms with Gasteiger partial charge in [0.15, 0.2) is 0 Å². The second-order valence-corrected chi connectivity index (χ2v) is 6.54. The van der Waals surface area contributed by atoms with Crippen molar-refractivity contribution in [2.45, 2.75) is 44.6 Å². The van der Waals surface area contributed by atoms with Gasteiger partial charge < -0.3 is 10.8 Å². The van der Waals surface area contributed by atoms with Crippen molar-refractivity contribution < 1.29 is 9.90 Å². The van der Waals surface area contributed by atoms with Crippen LogP contribution in [-0.2, 0) is 4.79 Å². The van der Waals surface area contributed by atoms with Gasteiger partial charge >= 0.3 is 5.97 Å². The summed E-state index contributed by atoms with van der Waals surface area (Å²) in [6.07, 6.45) is 7.48. The zero-order valence-corrected chi connectivity index (χ0v) is 10.2. The third-order valence-electron chi connectivity index (χ3n) is 5.36. The van der Waals surface area contributed by atoms with Gasteiger partial charge in [-0.15, -0.1) is 0 Å². The third kappa shape index (κ3) is 1.63. The lowest BCUT2D eigenvalue weighted by Crippen LogP contribution is -2.50. The topological polar surface area (TPSA) is 63.3 Å². The highest BCUT2D eigenvalue weighted by Crippen LogP contribution is 2.62. The first-order valence-corrected chi connectivity index (χ1v) is 6.68. The Hall–Kier alpha value is -0.830. The number of hydrogen-bond acceptors (Lipinski definition) is 2. The molecule has 4 fully saturated rings. The Morgan fingerprint density at radius 3 is 1.94 bits per heavy atom. The summed E-state index contributed by atoms with van der Waals surface area (Å²) in [5, 5.41) is 9.07. The highest BCUT2D eigenvalue weighted by molar-refractivity contribution is 5.77. The molecule has 0 amide bonds. The van der Waals surface area contributed by atoms with Crippen LogP contribution in [0.3, 0.4) is 0 Å².